The minimum Gasteiger partial charge on any atom is -0.507 e. The molecule has 2 aromatic carbocycles. The van der Waals surface area contributed by atoms with E-state index >= 15 is 0 Å². The molecular formula is C24H20F3N3O3. The van der Waals surface area contributed by atoms with Crippen LogP contribution < -0.4 is 0 Å². The molecule has 3 aromatic rings. The summed E-state index contributed by atoms with van der Waals surface area (Å²) in [7, 11) is 0. The van der Waals surface area contributed by atoms with Gasteiger partial charge in [0.2, 0.25) is 0 Å². The van der Waals surface area contributed by atoms with Gasteiger partial charge in [-0.1, -0.05) is 42.5 Å². The number of carbonyl (C=O) groups is 2. The average molecular weight is 455 g/mol. The van der Waals surface area contributed by atoms with Crippen LogP contribution >= 0.6 is 0 Å². The van der Waals surface area contributed by atoms with Gasteiger partial charge in [0, 0.05) is 31.0 Å². The number of nitrogens with zero attached hydrogens (tertiary/aromatic N) is 3. The Labute approximate surface area is 187 Å². The number of alkyl halides is 3. The Kier molecular flexibility index (Phi) is 6.04. The summed E-state index contributed by atoms with van der Waals surface area (Å²) in [5, 5.41) is 10.9. The quantitative estimate of drug-likeness (QED) is 0.339. The predicted octanol–water partition coefficient (Wildman–Crippen LogP) is 4.41. The highest BCUT2D eigenvalue weighted by molar-refractivity contribution is 6.46. The Morgan fingerprint density at radius 2 is 1.70 bits per heavy atom. The second-order valence-corrected chi connectivity index (χ2v) is 7.63. The van der Waals surface area contributed by atoms with Crippen LogP contribution in [-0.2, 0) is 22.3 Å². The number of ketones is 1. The molecule has 1 N–H and O–H groups in total. The third-order valence-corrected chi connectivity index (χ3v) is 5.52. The predicted molar refractivity (Wildman–Crippen MR) is 114 cm³/mol. The number of hydrogen-bond acceptors (Lipinski definition) is 4. The lowest BCUT2D eigenvalue weighted by Crippen LogP contribution is -2.31. The van der Waals surface area contributed by atoms with E-state index in [0.29, 0.717) is 24.1 Å². The zero-order valence-electron chi connectivity index (χ0n) is 17.4. The lowest BCUT2D eigenvalue weighted by atomic mass is 9.94. The summed E-state index contributed by atoms with van der Waals surface area (Å²) in [5.41, 5.74) is -0.340. The number of halogens is 3. The zero-order valence-corrected chi connectivity index (χ0v) is 17.4. The monoisotopic (exact) mass is 455 g/mol. The maximum atomic E-state index is 13.0. The van der Waals surface area contributed by atoms with Crippen LogP contribution in [-0.4, -0.2) is 37.8 Å². The second-order valence-electron chi connectivity index (χ2n) is 7.63. The van der Waals surface area contributed by atoms with Gasteiger partial charge in [-0.25, -0.2) is 4.98 Å². The fourth-order valence-electron chi connectivity index (χ4n) is 3.91. The van der Waals surface area contributed by atoms with E-state index in [1.54, 1.807) is 49.1 Å². The molecule has 1 aliphatic heterocycles. The zero-order chi connectivity index (χ0) is 23.6. The van der Waals surface area contributed by atoms with E-state index in [1.165, 1.54) is 17.0 Å². The molecule has 1 amide bonds. The molecular weight excluding hydrogens is 435 g/mol. The molecule has 1 aliphatic rings. The highest BCUT2D eigenvalue weighted by Crippen LogP contribution is 2.40. The van der Waals surface area contributed by atoms with E-state index in [4.69, 9.17) is 0 Å². The van der Waals surface area contributed by atoms with E-state index in [9.17, 15) is 27.9 Å². The smallest absolute Gasteiger partial charge is 0.416 e. The van der Waals surface area contributed by atoms with Gasteiger partial charge in [0.25, 0.3) is 11.7 Å². The minimum atomic E-state index is -4.52. The fraction of sp³-hybridized carbons (Fsp3) is 0.208. The van der Waals surface area contributed by atoms with Crippen molar-refractivity contribution in [3.8, 4) is 0 Å². The van der Waals surface area contributed by atoms with Gasteiger partial charge in [-0.2, -0.15) is 13.2 Å². The molecule has 1 saturated heterocycles. The molecule has 2 heterocycles. The number of amides is 1. The van der Waals surface area contributed by atoms with E-state index < -0.39 is 29.5 Å². The van der Waals surface area contributed by atoms with E-state index in [0.717, 1.165) is 12.1 Å². The van der Waals surface area contributed by atoms with Crippen molar-refractivity contribution in [1.82, 2.24) is 14.5 Å². The molecule has 1 fully saturated rings. The Bertz CT molecular complexity index is 1170. The number of imidazole rings is 1. The molecule has 0 radical (unpaired) electrons. The number of likely N-dealkylation sites (tertiary alicyclic amines) is 1. The van der Waals surface area contributed by atoms with Gasteiger partial charge in [-0.15, -0.1) is 0 Å². The lowest BCUT2D eigenvalue weighted by Gasteiger charge is -2.25. The second kappa shape index (κ2) is 8.93. The van der Waals surface area contributed by atoms with Crippen LogP contribution in [0.2, 0.25) is 0 Å². The van der Waals surface area contributed by atoms with Crippen LogP contribution in [0.3, 0.4) is 0 Å². The van der Waals surface area contributed by atoms with Crippen LogP contribution in [0.15, 0.2) is 78.9 Å². The SMILES string of the molecule is O=C1C(=O)N(CCCn2ccnc2)C(c2ccc(C(F)(F)F)cc2)/C1=C(/O)c1ccccc1. The first-order valence-electron chi connectivity index (χ1n) is 10.2. The third kappa shape index (κ3) is 4.52. The lowest BCUT2D eigenvalue weighted by molar-refractivity contribution is -0.140. The maximum Gasteiger partial charge on any atom is 0.416 e. The number of aliphatic hydroxyl groups is 1. The number of Topliss-reactive ketones (excluding diaryl/α,β-unsaturated/α-hetero) is 1. The molecule has 0 bridgehead atoms. The summed E-state index contributed by atoms with van der Waals surface area (Å²) in [6, 6.07) is 11.5. The van der Waals surface area contributed by atoms with Crippen molar-refractivity contribution in [2.45, 2.75) is 25.2 Å². The van der Waals surface area contributed by atoms with Crippen LogP contribution in [0.25, 0.3) is 5.76 Å². The Morgan fingerprint density at radius 1 is 1.00 bits per heavy atom. The number of aliphatic hydroxyl groups excluding tert-OH is 1. The molecule has 33 heavy (non-hydrogen) atoms. The first-order valence-corrected chi connectivity index (χ1v) is 10.2. The van der Waals surface area contributed by atoms with E-state index in [1.807, 2.05) is 4.57 Å². The van der Waals surface area contributed by atoms with Gasteiger partial charge in [0.15, 0.2) is 0 Å². The number of hydrogen-bond donors (Lipinski definition) is 1. The number of carbonyl (C=O) groups excluding carboxylic acids is 2. The number of aromatic nitrogens is 2. The van der Waals surface area contributed by atoms with Crippen molar-refractivity contribution in [3.63, 3.8) is 0 Å². The normalized spacial score (nSPS) is 18.2. The maximum absolute atomic E-state index is 13.0. The van der Waals surface area contributed by atoms with Gasteiger partial charge in [-0.05, 0) is 24.1 Å². The topological polar surface area (TPSA) is 75.4 Å². The third-order valence-electron chi connectivity index (χ3n) is 5.52. The number of aryl methyl sites for hydroxylation is 1. The van der Waals surface area contributed by atoms with Crippen molar-refractivity contribution in [1.29, 1.82) is 0 Å². The van der Waals surface area contributed by atoms with Crippen LogP contribution in [0.1, 0.15) is 29.2 Å². The molecule has 1 unspecified atom stereocenters. The highest BCUT2D eigenvalue weighted by Gasteiger charge is 2.46. The first-order chi connectivity index (χ1) is 15.8. The Hall–Kier alpha value is -3.88. The van der Waals surface area contributed by atoms with Gasteiger partial charge < -0.3 is 14.6 Å². The van der Waals surface area contributed by atoms with Gasteiger partial charge in [-0.3, -0.25) is 9.59 Å². The van der Waals surface area contributed by atoms with E-state index in [2.05, 4.69) is 4.98 Å². The van der Waals surface area contributed by atoms with Crippen LogP contribution in [0.4, 0.5) is 13.2 Å². The molecule has 1 aromatic heterocycles. The average Bonchev–Trinajstić information content (AvgIpc) is 3.41. The summed E-state index contributed by atoms with van der Waals surface area (Å²) < 4.78 is 41.0. The largest absolute Gasteiger partial charge is 0.507 e. The molecule has 0 spiro atoms. The summed E-state index contributed by atoms with van der Waals surface area (Å²) in [5.74, 6) is -2.04. The van der Waals surface area contributed by atoms with Crippen molar-refractivity contribution >= 4 is 17.4 Å². The van der Waals surface area contributed by atoms with Crippen molar-refractivity contribution in [2.75, 3.05) is 6.54 Å². The molecule has 9 heteroatoms. The van der Waals surface area contributed by atoms with Crippen LogP contribution in [0.5, 0.6) is 0 Å². The standard InChI is InChI=1S/C24H20F3N3O3/c25-24(26,27)18-9-7-16(8-10-18)20-19(21(31)17-5-2-1-3-6-17)22(32)23(33)30(20)13-4-12-29-14-11-28-15-29/h1-3,5-11,14-15,20,31H,4,12-13H2/b21-19-. The van der Waals surface area contributed by atoms with Crippen molar-refractivity contribution < 1.29 is 27.9 Å². The summed E-state index contributed by atoms with van der Waals surface area (Å²) in [4.78, 5) is 31.1. The fourth-order valence-corrected chi connectivity index (χ4v) is 3.91. The van der Waals surface area contributed by atoms with Crippen LogP contribution in [0, 0.1) is 0 Å². The first kappa shape index (κ1) is 22.3. The molecule has 0 saturated carbocycles. The summed E-state index contributed by atoms with van der Waals surface area (Å²) >= 11 is 0. The van der Waals surface area contributed by atoms with Gasteiger partial charge >= 0.3 is 6.18 Å². The van der Waals surface area contributed by atoms with Gasteiger partial charge in [0.05, 0.1) is 23.5 Å². The minimum absolute atomic E-state index is 0.145. The number of rotatable bonds is 6. The summed E-state index contributed by atoms with van der Waals surface area (Å²) in [6.07, 6.45) is 0.961. The molecule has 0 aliphatic carbocycles. The van der Waals surface area contributed by atoms with E-state index in [-0.39, 0.29) is 17.9 Å². The molecule has 1 atom stereocenters. The molecule has 6 nitrogen and oxygen atoms in total. The number of benzene rings is 2. The molecule has 170 valence electrons. The van der Waals surface area contributed by atoms with Gasteiger partial charge in [0.1, 0.15) is 5.76 Å². The Morgan fingerprint density at radius 3 is 2.30 bits per heavy atom. The molecule has 4 rings (SSSR count). The summed E-state index contributed by atoms with van der Waals surface area (Å²) in [6.45, 7) is 0.696. The van der Waals surface area contributed by atoms with Crippen molar-refractivity contribution in [2.24, 2.45) is 0 Å². The van der Waals surface area contributed by atoms with Crippen molar-refractivity contribution in [3.05, 3.63) is 95.6 Å². The Balaban J connectivity index is 1.73. The highest BCUT2D eigenvalue weighted by atomic mass is 19.4.